The zero-order valence-electron chi connectivity index (χ0n) is 19.9. The van der Waals surface area contributed by atoms with Gasteiger partial charge in [-0.25, -0.2) is 0 Å². The van der Waals surface area contributed by atoms with Gasteiger partial charge in [0.05, 0.1) is 0 Å². The van der Waals surface area contributed by atoms with Gasteiger partial charge in [0.1, 0.15) is 0 Å². The standard InChI is InChI=1S/C24H52O3Si/c1-5-7-8-9-10-11-12-13-14-15-16-17-18-19-20-21-22-23-27-28(25-3,26-4)24-6-2/h5-24H2,1-4H3. The van der Waals surface area contributed by atoms with Gasteiger partial charge in [-0.05, 0) is 6.42 Å². The molecule has 0 fully saturated rings. The van der Waals surface area contributed by atoms with E-state index in [1.54, 1.807) is 14.2 Å². The molecular formula is C24H52O3Si. The van der Waals surface area contributed by atoms with E-state index < -0.39 is 8.80 Å². The number of hydrogen-bond donors (Lipinski definition) is 0. The number of hydrogen-bond acceptors (Lipinski definition) is 3. The highest BCUT2D eigenvalue weighted by atomic mass is 28.4. The highest BCUT2D eigenvalue weighted by molar-refractivity contribution is 6.60. The molecule has 0 N–H and O–H groups in total. The van der Waals surface area contributed by atoms with Gasteiger partial charge < -0.3 is 13.3 Å². The molecular weight excluding hydrogens is 364 g/mol. The fraction of sp³-hybridized carbons (Fsp3) is 1.00. The van der Waals surface area contributed by atoms with Crippen LogP contribution >= 0.6 is 0 Å². The maximum absolute atomic E-state index is 5.99. The summed E-state index contributed by atoms with van der Waals surface area (Å²) in [6.45, 7) is 5.23. The minimum Gasteiger partial charge on any atom is -0.377 e. The van der Waals surface area contributed by atoms with Crippen LogP contribution < -0.4 is 0 Å². The molecule has 0 aliphatic carbocycles. The quantitative estimate of drug-likeness (QED) is 0.124. The van der Waals surface area contributed by atoms with Gasteiger partial charge in [-0.1, -0.05) is 123 Å². The Morgan fingerprint density at radius 3 is 1.14 bits per heavy atom. The van der Waals surface area contributed by atoms with Crippen molar-refractivity contribution in [1.29, 1.82) is 0 Å². The minimum atomic E-state index is -2.35. The first kappa shape index (κ1) is 28.1. The highest BCUT2D eigenvalue weighted by Gasteiger charge is 2.37. The summed E-state index contributed by atoms with van der Waals surface area (Å²) in [7, 11) is 1.09. The van der Waals surface area contributed by atoms with Crippen molar-refractivity contribution in [2.75, 3.05) is 20.8 Å². The van der Waals surface area contributed by atoms with Crippen molar-refractivity contribution in [3.8, 4) is 0 Å². The van der Waals surface area contributed by atoms with Crippen LogP contribution in [0.4, 0.5) is 0 Å². The van der Waals surface area contributed by atoms with Gasteiger partial charge in [-0.15, -0.1) is 0 Å². The molecule has 0 atom stereocenters. The summed E-state index contributed by atoms with van der Waals surface area (Å²) < 4.78 is 17.1. The van der Waals surface area contributed by atoms with Crippen molar-refractivity contribution < 1.29 is 13.3 Å². The van der Waals surface area contributed by atoms with Gasteiger partial charge in [0, 0.05) is 26.9 Å². The zero-order valence-corrected chi connectivity index (χ0v) is 20.9. The van der Waals surface area contributed by atoms with Gasteiger partial charge in [0.2, 0.25) is 0 Å². The summed E-state index contributed by atoms with van der Waals surface area (Å²) in [6, 6.07) is 0.916. The average molecular weight is 417 g/mol. The van der Waals surface area contributed by atoms with Crippen molar-refractivity contribution in [3.05, 3.63) is 0 Å². The van der Waals surface area contributed by atoms with Crippen molar-refractivity contribution in [2.24, 2.45) is 0 Å². The molecule has 0 saturated heterocycles. The van der Waals surface area contributed by atoms with E-state index >= 15 is 0 Å². The smallest absolute Gasteiger partial charge is 0.377 e. The van der Waals surface area contributed by atoms with Crippen LogP contribution in [0.1, 0.15) is 129 Å². The lowest BCUT2D eigenvalue weighted by atomic mass is 10.0. The van der Waals surface area contributed by atoms with E-state index in [0.29, 0.717) is 0 Å². The molecule has 0 heterocycles. The lowest BCUT2D eigenvalue weighted by Gasteiger charge is -2.25. The van der Waals surface area contributed by atoms with E-state index in [9.17, 15) is 0 Å². The fourth-order valence-corrected chi connectivity index (χ4v) is 5.86. The second kappa shape index (κ2) is 21.8. The van der Waals surface area contributed by atoms with E-state index in [1.807, 2.05) is 0 Å². The predicted octanol–water partition coefficient (Wildman–Crippen LogP) is 8.30. The molecule has 0 radical (unpaired) electrons. The topological polar surface area (TPSA) is 27.7 Å². The molecule has 28 heavy (non-hydrogen) atoms. The van der Waals surface area contributed by atoms with Crippen molar-refractivity contribution in [3.63, 3.8) is 0 Å². The van der Waals surface area contributed by atoms with E-state index in [4.69, 9.17) is 13.3 Å². The van der Waals surface area contributed by atoms with Crippen molar-refractivity contribution in [2.45, 2.75) is 135 Å². The fourth-order valence-electron chi connectivity index (χ4n) is 3.84. The third kappa shape index (κ3) is 17.0. The first-order valence-corrected chi connectivity index (χ1v) is 14.4. The van der Waals surface area contributed by atoms with Gasteiger partial charge in [0.25, 0.3) is 0 Å². The van der Waals surface area contributed by atoms with Gasteiger partial charge in [0.15, 0.2) is 0 Å². The van der Waals surface area contributed by atoms with Gasteiger partial charge in [-0.2, -0.15) is 0 Å². The first-order valence-electron chi connectivity index (χ1n) is 12.5. The maximum atomic E-state index is 5.99. The minimum absolute atomic E-state index is 0.784. The molecule has 0 spiro atoms. The van der Waals surface area contributed by atoms with Gasteiger partial charge in [-0.3, -0.25) is 0 Å². The molecule has 3 nitrogen and oxygen atoms in total. The number of rotatable bonds is 23. The largest absolute Gasteiger partial charge is 0.500 e. The lowest BCUT2D eigenvalue weighted by molar-refractivity contribution is 0.0961. The molecule has 0 saturated carbocycles. The molecule has 0 aliphatic rings. The van der Waals surface area contributed by atoms with Crippen LogP contribution in [0.5, 0.6) is 0 Å². The molecule has 0 aromatic carbocycles. The summed E-state index contributed by atoms with van der Waals surface area (Å²) >= 11 is 0. The summed E-state index contributed by atoms with van der Waals surface area (Å²) in [6.07, 6.45) is 24.9. The molecule has 0 bridgehead atoms. The van der Waals surface area contributed by atoms with Crippen molar-refractivity contribution in [1.82, 2.24) is 0 Å². The SMILES string of the molecule is CCCCCCCCCCCCCCCCCCCO[Si](CCC)(OC)OC. The zero-order chi connectivity index (χ0) is 20.8. The Kier molecular flexibility index (Phi) is 21.9. The Labute approximate surface area is 178 Å². The molecule has 0 unspecified atom stereocenters. The number of unbranched alkanes of at least 4 members (excludes halogenated alkanes) is 16. The molecule has 0 aromatic rings. The second-order valence-corrected chi connectivity index (χ2v) is 11.3. The summed E-state index contributed by atoms with van der Waals surface area (Å²) in [4.78, 5) is 0. The van der Waals surface area contributed by atoms with E-state index in [2.05, 4.69) is 13.8 Å². The van der Waals surface area contributed by atoms with Crippen molar-refractivity contribution >= 4 is 8.80 Å². The maximum Gasteiger partial charge on any atom is 0.500 e. The normalized spacial score (nSPS) is 12.0. The van der Waals surface area contributed by atoms with Crippen LogP contribution in [0.2, 0.25) is 6.04 Å². The Bertz CT molecular complexity index is 296. The Morgan fingerprint density at radius 2 is 0.821 bits per heavy atom. The molecule has 0 aromatic heterocycles. The first-order chi connectivity index (χ1) is 13.7. The molecule has 0 amide bonds. The highest BCUT2D eigenvalue weighted by Crippen LogP contribution is 2.17. The van der Waals surface area contributed by atoms with Crippen LogP contribution in [0, 0.1) is 0 Å². The van der Waals surface area contributed by atoms with Crippen LogP contribution in [0.3, 0.4) is 0 Å². The summed E-state index contributed by atoms with van der Waals surface area (Å²) in [5, 5.41) is 0. The Hall–Kier alpha value is 0.0969. The molecule has 170 valence electrons. The van der Waals surface area contributed by atoms with Crippen LogP contribution in [-0.4, -0.2) is 29.6 Å². The molecule has 0 rings (SSSR count). The van der Waals surface area contributed by atoms with Crippen LogP contribution in [0.25, 0.3) is 0 Å². The Morgan fingerprint density at radius 1 is 0.464 bits per heavy atom. The van der Waals surface area contributed by atoms with E-state index in [1.165, 1.54) is 103 Å². The van der Waals surface area contributed by atoms with E-state index in [-0.39, 0.29) is 0 Å². The predicted molar refractivity (Wildman–Crippen MR) is 125 cm³/mol. The van der Waals surface area contributed by atoms with E-state index in [0.717, 1.165) is 25.5 Å². The summed E-state index contributed by atoms with van der Waals surface area (Å²) in [5.74, 6) is 0. The third-order valence-corrected chi connectivity index (χ3v) is 8.75. The molecule has 4 heteroatoms. The van der Waals surface area contributed by atoms with Crippen LogP contribution in [-0.2, 0) is 13.3 Å². The third-order valence-electron chi connectivity index (χ3n) is 5.75. The summed E-state index contributed by atoms with van der Waals surface area (Å²) in [5.41, 5.74) is 0. The van der Waals surface area contributed by atoms with Crippen LogP contribution in [0.15, 0.2) is 0 Å². The van der Waals surface area contributed by atoms with Gasteiger partial charge >= 0.3 is 8.80 Å². The Balaban J connectivity index is 3.25. The second-order valence-electron chi connectivity index (χ2n) is 8.35. The average Bonchev–Trinajstić information content (AvgIpc) is 2.72. The lowest BCUT2D eigenvalue weighted by Crippen LogP contribution is -2.43. The monoisotopic (exact) mass is 416 g/mol. The molecule has 0 aliphatic heterocycles.